The number of hydrogen-bond donors (Lipinski definition) is 2. The number of anilines is 1. The Morgan fingerprint density at radius 1 is 1.37 bits per heavy atom. The van der Waals surface area contributed by atoms with Crippen LogP contribution in [0, 0.1) is 5.92 Å². The zero-order valence-corrected chi connectivity index (χ0v) is 15.1. The van der Waals surface area contributed by atoms with Gasteiger partial charge in [-0.15, -0.1) is 0 Å². The predicted octanol–water partition coefficient (Wildman–Crippen LogP) is 3.01. The summed E-state index contributed by atoms with van der Waals surface area (Å²) < 4.78 is 12.4. The summed E-state index contributed by atoms with van der Waals surface area (Å²) in [7, 11) is 1.55. The number of carbonyl (C=O) groups is 1. The molecule has 0 saturated heterocycles. The molecule has 2 N–H and O–H groups in total. The minimum absolute atomic E-state index is 0.00603. The van der Waals surface area contributed by atoms with Crippen LogP contribution in [0.5, 0.6) is 5.75 Å². The van der Waals surface area contributed by atoms with Crippen LogP contribution in [0.4, 0.5) is 5.69 Å². The summed E-state index contributed by atoms with van der Waals surface area (Å²) in [6.07, 6.45) is 8.81. The molecule has 1 aliphatic carbocycles. The Balaban J connectivity index is 1.59. The lowest BCUT2D eigenvalue weighted by Gasteiger charge is -2.27. The van der Waals surface area contributed by atoms with Crippen LogP contribution < -0.4 is 10.1 Å². The molecule has 0 radical (unpaired) electrons. The van der Waals surface area contributed by atoms with Crippen LogP contribution in [0.1, 0.15) is 42.4 Å². The molecule has 0 aliphatic heterocycles. The van der Waals surface area contributed by atoms with Crippen molar-refractivity contribution in [1.29, 1.82) is 0 Å². The number of amides is 1. The second-order valence-corrected chi connectivity index (χ2v) is 6.87. The van der Waals surface area contributed by atoms with Gasteiger partial charge in [0, 0.05) is 24.3 Å². The maximum atomic E-state index is 12.2. The summed E-state index contributed by atoms with van der Waals surface area (Å²) in [5.74, 6) is 0.487. The lowest BCUT2D eigenvalue weighted by molar-refractivity contribution is 0.0990. The smallest absolute Gasteiger partial charge is 0.311 e. The van der Waals surface area contributed by atoms with Gasteiger partial charge in [-0.25, -0.2) is 4.98 Å². The Morgan fingerprint density at radius 3 is 2.85 bits per heavy atom. The van der Waals surface area contributed by atoms with E-state index in [4.69, 9.17) is 14.3 Å². The number of benzene rings is 1. The van der Waals surface area contributed by atoms with E-state index < -0.39 is 5.91 Å². The summed E-state index contributed by atoms with van der Waals surface area (Å²) in [5.41, 5.74) is 1.35. The van der Waals surface area contributed by atoms with E-state index in [1.807, 2.05) is 23.0 Å². The number of oxazole rings is 1. The molecule has 8 heteroatoms. The fourth-order valence-electron chi connectivity index (χ4n) is 3.63. The van der Waals surface area contributed by atoms with E-state index in [1.54, 1.807) is 7.11 Å². The van der Waals surface area contributed by atoms with Crippen LogP contribution in [0.15, 0.2) is 35.2 Å². The van der Waals surface area contributed by atoms with Gasteiger partial charge >= 0.3 is 5.91 Å². The van der Waals surface area contributed by atoms with Gasteiger partial charge < -0.3 is 19.6 Å². The highest BCUT2D eigenvalue weighted by Crippen LogP contribution is 2.34. The summed E-state index contributed by atoms with van der Waals surface area (Å²) in [6, 6.07) is 3.99. The van der Waals surface area contributed by atoms with Gasteiger partial charge in [0.25, 0.3) is 5.89 Å². The van der Waals surface area contributed by atoms with Gasteiger partial charge in [-0.05, 0) is 37.7 Å². The molecule has 0 atom stereocenters. The lowest BCUT2D eigenvalue weighted by Crippen LogP contribution is -2.20. The topological polar surface area (TPSA) is 102 Å². The number of rotatable bonds is 5. The number of ether oxygens (including phenoxy) is 1. The first-order chi connectivity index (χ1) is 13.2. The molecule has 2 aromatic heterocycles. The van der Waals surface area contributed by atoms with E-state index in [9.17, 15) is 9.90 Å². The number of fused-ring (bicyclic) bond motifs is 1. The molecule has 2 heterocycles. The molecule has 1 amide bonds. The molecular weight excluding hydrogens is 348 g/mol. The van der Waals surface area contributed by atoms with Crippen molar-refractivity contribution in [2.24, 2.45) is 5.92 Å². The second kappa shape index (κ2) is 7.40. The second-order valence-electron chi connectivity index (χ2n) is 6.87. The molecule has 4 rings (SSSR count). The molecule has 8 nitrogen and oxygen atoms in total. The van der Waals surface area contributed by atoms with Crippen LogP contribution in [0.3, 0.4) is 0 Å². The molecule has 1 aromatic carbocycles. The highest BCUT2D eigenvalue weighted by molar-refractivity contribution is 6.03. The van der Waals surface area contributed by atoms with Crippen LogP contribution in [-0.4, -0.2) is 39.5 Å². The minimum Gasteiger partial charge on any atom is -0.494 e. The molecule has 1 fully saturated rings. The molecule has 0 spiro atoms. The highest BCUT2D eigenvalue weighted by atomic mass is 16.5. The van der Waals surface area contributed by atoms with Gasteiger partial charge in [0.05, 0.1) is 30.6 Å². The first-order valence-corrected chi connectivity index (χ1v) is 9.06. The average molecular weight is 370 g/mol. The molecule has 27 heavy (non-hydrogen) atoms. The summed E-state index contributed by atoms with van der Waals surface area (Å²) in [6.45, 7) is 0.262. The normalized spacial score (nSPS) is 19.9. The van der Waals surface area contributed by atoms with Crippen molar-refractivity contribution in [3.8, 4) is 5.75 Å². The van der Waals surface area contributed by atoms with Gasteiger partial charge in [-0.1, -0.05) is 0 Å². The van der Waals surface area contributed by atoms with Crippen LogP contribution in [0.25, 0.3) is 10.9 Å². The fraction of sp³-hybridized carbons (Fsp3) is 0.421. The van der Waals surface area contributed by atoms with Crippen molar-refractivity contribution in [2.75, 3.05) is 19.0 Å². The van der Waals surface area contributed by atoms with Crippen molar-refractivity contribution < 1.29 is 19.1 Å². The number of methoxy groups -OCH3 is 1. The SMILES string of the molecule is COc1cc2nn(C3CCC(CO)CC3)cc2cc1NC(=O)c1ncco1. The third-order valence-corrected chi connectivity index (χ3v) is 5.17. The summed E-state index contributed by atoms with van der Waals surface area (Å²) in [4.78, 5) is 16.1. The van der Waals surface area contributed by atoms with Crippen molar-refractivity contribution >= 4 is 22.5 Å². The zero-order chi connectivity index (χ0) is 18.8. The fourth-order valence-corrected chi connectivity index (χ4v) is 3.63. The first kappa shape index (κ1) is 17.5. The van der Waals surface area contributed by atoms with Crippen molar-refractivity contribution in [3.05, 3.63) is 36.7 Å². The minimum atomic E-state index is -0.438. The Labute approximate surface area is 156 Å². The molecule has 0 bridgehead atoms. The van der Waals surface area contributed by atoms with Gasteiger partial charge in [-0.3, -0.25) is 9.48 Å². The van der Waals surface area contributed by atoms with Crippen LogP contribution in [-0.2, 0) is 0 Å². The average Bonchev–Trinajstić information content (AvgIpc) is 3.37. The Kier molecular flexibility index (Phi) is 4.81. The van der Waals surface area contributed by atoms with Gasteiger partial charge in [0.15, 0.2) is 0 Å². The van der Waals surface area contributed by atoms with E-state index in [2.05, 4.69) is 10.3 Å². The third-order valence-electron chi connectivity index (χ3n) is 5.17. The zero-order valence-electron chi connectivity index (χ0n) is 15.1. The Morgan fingerprint density at radius 2 is 2.19 bits per heavy atom. The maximum absolute atomic E-state index is 12.2. The number of nitrogens with zero attached hydrogens (tertiary/aromatic N) is 3. The number of aliphatic hydroxyl groups excluding tert-OH is 1. The molecule has 1 saturated carbocycles. The number of carbonyl (C=O) groups excluding carboxylic acids is 1. The largest absolute Gasteiger partial charge is 0.494 e. The standard InChI is InChI=1S/C19H22N4O4/c1-26-17-9-15-13(8-16(17)21-18(25)19-20-6-7-27-19)10-23(22-15)14-4-2-12(11-24)3-5-14/h6-10,12,14,24H,2-5,11H2,1H3,(H,21,25). The van der Waals surface area contributed by atoms with Crippen LogP contribution in [0.2, 0.25) is 0 Å². The molecule has 0 unspecified atom stereocenters. The molecule has 3 aromatic rings. The number of aliphatic hydroxyl groups is 1. The van der Waals surface area contributed by atoms with E-state index in [0.29, 0.717) is 23.4 Å². The van der Waals surface area contributed by atoms with Crippen molar-refractivity contribution in [3.63, 3.8) is 0 Å². The number of aromatic nitrogens is 3. The van der Waals surface area contributed by atoms with Crippen molar-refractivity contribution in [1.82, 2.24) is 14.8 Å². The molecular formula is C19H22N4O4. The van der Waals surface area contributed by atoms with E-state index >= 15 is 0 Å². The molecule has 1 aliphatic rings. The lowest BCUT2D eigenvalue weighted by atomic mass is 9.87. The summed E-state index contributed by atoms with van der Waals surface area (Å²) in [5, 5.41) is 17.7. The van der Waals surface area contributed by atoms with E-state index in [1.165, 1.54) is 12.5 Å². The monoisotopic (exact) mass is 370 g/mol. The van der Waals surface area contributed by atoms with Crippen LogP contribution >= 0.6 is 0 Å². The Hall–Kier alpha value is -2.87. The van der Waals surface area contributed by atoms with Crippen molar-refractivity contribution in [2.45, 2.75) is 31.7 Å². The van der Waals surface area contributed by atoms with Gasteiger partial charge in [-0.2, -0.15) is 5.10 Å². The van der Waals surface area contributed by atoms with Gasteiger partial charge in [0.1, 0.15) is 12.0 Å². The highest BCUT2D eigenvalue weighted by Gasteiger charge is 2.23. The van der Waals surface area contributed by atoms with Gasteiger partial charge in [0.2, 0.25) is 0 Å². The Bertz CT molecular complexity index is 927. The van der Waals surface area contributed by atoms with E-state index in [0.717, 1.165) is 36.6 Å². The van der Waals surface area contributed by atoms with E-state index in [-0.39, 0.29) is 12.5 Å². The quantitative estimate of drug-likeness (QED) is 0.716. The maximum Gasteiger partial charge on any atom is 0.311 e. The summed E-state index contributed by atoms with van der Waals surface area (Å²) >= 11 is 0. The number of nitrogens with one attached hydrogen (secondary N) is 1. The predicted molar refractivity (Wildman–Crippen MR) is 98.8 cm³/mol. The first-order valence-electron chi connectivity index (χ1n) is 9.06. The number of hydrogen-bond acceptors (Lipinski definition) is 6. The molecule has 142 valence electrons. The third kappa shape index (κ3) is 3.52.